The average Bonchev–Trinajstić information content (AvgIpc) is 3.44. The third-order valence-corrected chi connectivity index (χ3v) is 6.46. The van der Waals surface area contributed by atoms with Crippen LogP contribution < -0.4 is 5.32 Å². The Morgan fingerprint density at radius 2 is 2.22 bits per heavy atom. The predicted octanol–water partition coefficient (Wildman–Crippen LogP) is 2.41. The third-order valence-electron chi connectivity index (χ3n) is 6.46. The molecule has 0 bridgehead atoms. The quantitative estimate of drug-likeness (QED) is 0.779. The van der Waals surface area contributed by atoms with E-state index in [0.717, 1.165) is 13.0 Å². The lowest BCUT2D eigenvalue weighted by Crippen LogP contribution is -2.51. The van der Waals surface area contributed by atoms with Crippen LogP contribution in [0.25, 0.3) is 16.5 Å². The Morgan fingerprint density at radius 3 is 2.96 bits per heavy atom. The van der Waals surface area contributed by atoms with E-state index in [1.807, 2.05) is 0 Å². The summed E-state index contributed by atoms with van der Waals surface area (Å²) in [5, 5.41) is 13.7. The molecule has 0 saturated heterocycles. The number of hydrogen-bond donors (Lipinski definition) is 3. The summed E-state index contributed by atoms with van der Waals surface area (Å²) in [5.41, 5.74) is 6.84. The average molecular weight is 365 g/mol. The minimum absolute atomic E-state index is 0.0265. The van der Waals surface area contributed by atoms with Crippen molar-refractivity contribution in [2.75, 3.05) is 20.2 Å². The van der Waals surface area contributed by atoms with E-state index >= 15 is 0 Å². The number of aromatic nitrogens is 1. The molecular weight excluding hydrogens is 338 g/mol. The number of carbonyl (C=O) groups is 1. The van der Waals surface area contributed by atoms with Crippen molar-refractivity contribution in [2.45, 2.75) is 44.2 Å². The van der Waals surface area contributed by atoms with Gasteiger partial charge >= 0.3 is 0 Å². The van der Waals surface area contributed by atoms with Crippen LogP contribution in [-0.2, 0) is 11.2 Å². The van der Waals surface area contributed by atoms with Crippen molar-refractivity contribution in [2.24, 2.45) is 5.92 Å². The van der Waals surface area contributed by atoms with Crippen molar-refractivity contribution in [3.63, 3.8) is 0 Å². The summed E-state index contributed by atoms with van der Waals surface area (Å²) >= 11 is 0. The van der Waals surface area contributed by atoms with E-state index in [1.54, 1.807) is 6.92 Å². The van der Waals surface area contributed by atoms with Crippen molar-refractivity contribution in [3.8, 4) is 0 Å². The minimum atomic E-state index is -0.376. The number of rotatable bonds is 4. The molecule has 3 atom stereocenters. The molecule has 1 amide bonds. The molecule has 1 aromatic heterocycles. The van der Waals surface area contributed by atoms with Gasteiger partial charge in [-0.1, -0.05) is 25.1 Å². The highest BCUT2D eigenvalue weighted by atomic mass is 16.3. The highest BCUT2D eigenvalue weighted by Crippen LogP contribution is 2.48. The summed E-state index contributed by atoms with van der Waals surface area (Å²) < 4.78 is 0. The molecule has 1 aromatic carbocycles. The maximum Gasteiger partial charge on any atom is 0.225 e. The van der Waals surface area contributed by atoms with Gasteiger partial charge in [-0.3, -0.25) is 9.69 Å². The van der Waals surface area contributed by atoms with Gasteiger partial charge in [0.05, 0.1) is 18.6 Å². The Balaban J connectivity index is 1.56. The van der Waals surface area contributed by atoms with Crippen molar-refractivity contribution in [1.29, 1.82) is 0 Å². The Labute approximate surface area is 159 Å². The number of aliphatic hydroxyl groups is 1. The molecule has 142 valence electrons. The van der Waals surface area contributed by atoms with Crippen LogP contribution in [0.1, 0.15) is 42.5 Å². The number of nitrogens with one attached hydrogen (secondary N) is 2. The van der Waals surface area contributed by atoms with Crippen molar-refractivity contribution in [3.05, 3.63) is 41.1 Å². The van der Waals surface area contributed by atoms with E-state index in [-0.39, 0.29) is 24.5 Å². The highest BCUT2D eigenvalue weighted by Gasteiger charge is 2.38. The first-order valence-corrected chi connectivity index (χ1v) is 10.0. The summed E-state index contributed by atoms with van der Waals surface area (Å²) in [4.78, 5) is 18.3. The van der Waals surface area contributed by atoms with Crippen LogP contribution in [-0.4, -0.2) is 53.2 Å². The van der Waals surface area contributed by atoms with Crippen LogP contribution in [0, 0.1) is 5.92 Å². The fourth-order valence-corrected chi connectivity index (χ4v) is 4.79. The maximum absolute atomic E-state index is 12.3. The van der Waals surface area contributed by atoms with Gasteiger partial charge < -0.3 is 15.4 Å². The zero-order valence-electron chi connectivity index (χ0n) is 16.0. The molecule has 1 fully saturated rings. The molecule has 3 N–H and O–H groups in total. The molecule has 2 aromatic rings. The molecule has 1 saturated carbocycles. The highest BCUT2D eigenvalue weighted by molar-refractivity contribution is 5.99. The number of benzene rings is 1. The number of amides is 1. The van der Waals surface area contributed by atoms with E-state index < -0.39 is 0 Å². The summed E-state index contributed by atoms with van der Waals surface area (Å²) in [7, 11) is 2.15. The van der Waals surface area contributed by atoms with E-state index in [4.69, 9.17) is 0 Å². The molecule has 0 spiro atoms. The molecule has 5 nitrogen and oxygen atoms in total. The first kappa shape index (κ1) is 17.0. The number of carbonyl (C=O) groups excluding carboxylic acids is 1. The zero-order chi connectivity index (χ0) is 18.7. The molecular formula is C22H27N3O2. The van der Waals surface area contributed by atoms with Gasteiger partial charge in [0.15, 0.2) is 0 Å². The second-order valence-electron chi connectivity index (χ2n) is 8.50. The maximum atomic E-state index is 12.3. The van der Waals surface area contributed by atoms with Gasteiger partial charge in [0.2, 0.25) is 5.91 Å². The van der Waals surface area contributed by atoms with Gasteiger partial charge in [0.1, 0.15) is 0 Å². The van der Waals surface area contributed by atoms with E-state index in [2.05, 4.69) is 46.5 Å². The lowest BCUT2D eigenvalue weighted by Gasteiger charge is -2.40. The first-order valence-electron chi connectivity index (χ1n) is 10.0. The van der Waals surface area contributed by atoms with Crippen LogP contribution in [0.5, 0.6) is 0 Å². The van der Waals surface area contributed by atoms with Crippen LogP contribution in [0.15, 0.2) is 24.3 Å². The van der Waals surface area contributed by atoms with Gasteiger partial charge in [-0.05, 0) is 55.0 Å². The molecule has 1 aliphatic heterocycles. The first-order chi connectivity index (χ1) is 13.1. The number of hydrogen-bond acceptors (Lipinski definition) is 3. The SMILES string of the molecule is CC(CO)C(=O)NC1C=C2c3cccc4[nH]c(C5CC5)c(c34)C[C@H]2N(C)C1. The van der Waals surface area contributed by atoms with Crippen LogP contribution in [0.2, 0.25) is 0 Å². The smallest absolute Gasteiger partial charge is 0.225 e. The Morgan fingerprint density at radius 1 is 1.41 bits per heavy atom. The molecule has 27 heavy (non-hydrogen) atoms. The normalized spacial score (nSPS) is 25.8. The molecule has 0 radical (unpaired) electrons. The number of likely N-dealkylation sites (N-methyl/N-ethyl adjacent to an activating group) is 1. The van der Waals surface area contributed by atoms with Gasteiger partial charge in [-0.15, -0.1) is 0 Å². The van der Waals surface area contributed by atoms with Crippen molar-refractivity contribution < 1.29 is 9.90 Å². The standard InChI is InChI=1S/C22H27N3O2/c1-12(11-26)22(27)23-14-8-16-15-4-3-5-18-20(15)17(9-19(16)25(2)10-14)21(24-18)13-6-7-13/h3-5,8,12-14,19,24,26H,6-7,9-11H2,1-2H3,(H,23,27)/t12?,14?,19-/m1/s1. The number of nitrogens with zero attached hydrogens (tertiary/aromatic N) is 1. The van der Waals surface area contributed by atoms with Crippen LogP contribution in [0.3, 0.4) is 0 Å². The Kier molecular flexibility index (Phi) is 3.92. The number of H-pyrrole nitrogens is 1. The minimum Gasteiger partial charge on any atom is -0.396 e. The van der Waals surface area contributed by atoms with E-state index in [1.165, 1.54) is 46.1 Å². The topological polar surface area (TPSA) is 68.4 Å². The molecule has 5 rings (SSSR count). The monoisotopic (exact) mass is 365 g/mol. The molecule has 3 aliphatic rings. The summed E-state index contributed by atoms with van der Waals surface area (Å²) in [6, 6.07) is 6.88. The second-order valence-corrected chi connectivity index (χ2v) is 8.50. The Bertz CT molecular complexity index is 940. The Hall–Kier alpha value is -2.11. The summed E-state index contributed by atoms with van der Waals surface area (Å²) in [6.45, 7) is 2.43. The van der Waals surface area contributed by atoms with Crippen LogP contribution >= 0.6 is 0 Å². The van der Waals surface area contributed by atoms with E-state index in [0.29, 0.717) is 12.0 Å². The van der Waals surface area contributed by atoms with Crippen molar-refractivity contribution in [1.82, 2.24) is 15.2 Å². The molecule has 2 heterocycles. The number of aliphatic hydroxyl groups excluding tert-OH is 1. The summed E-state index contributed by atoms with van der Waals surface area (Å²) in [6.07, 6.45) is 5.89. The molecule has 5 heteroatoms. The van der Waals surface area contributed by atoms with Gasteiger partial charge in [0.25, 0.3) is 0 Å². The number of fused-ring (bicyclic) bond motifs is 2. The largest absolute Gasteiger partial charge is 0.396 e. The fourth-order valence-electron chi connectivity index (χ4n) is 4.79. The zero-order valence-corrected chi connectivity index (χ0v) is 16.0. The second kappa shape index (κ2) is 6.21. The van der Waals surface area contributed by atoms with Gasteiger partial charge in [0, 0.05) is 29.2 Å². The fraction of sp³-hybridized carbons (Fsp3) is 0.500. The van der Waals surface area contributed by atoms with Crippen molar-refractivity contribution >= 4 is 22.4 Å². The van der Waals surface area contributed by atoms with E-state index in [9.17, 15) is 9.90 Å². The number of aromatic amines is 1. The molecule has 2 aliphatic carbocycles. The summed E-state index contributed by atoms with van der Waals surface area (Å²) in [5.74, 6) is 0.254. The molecule has 2 unspecified atom stereocenters. The third kappa shape index (κ3) is 2.72. The van der Waals surface area contributed by atoms with Gasteiger partial charge in [-0.2, -0.15) is 0 Å². The lowest BCUT2D eigenvalue weighted by atomic mass is 9.80. The lowest BCUT2D eigenvalue weighted by molar-refractivity contribution is -0.126. The predicted molar refractivity (Wildman–Crippen MR) is 107 cm³/mol. The van der Waals surface area contributed by atoms with Crippen LogP contribution in [0.4, 0.5) is 0 Å². The van der Waals surface area contributed by atoms with Gasteiger partial charge in [-0.25, -0.2) is 0 Å².